The second-order valence-corrected chi connectivity index (χ2v) is 5.01. The first-order valence-corrected chi connectivity index (χ1v) is 5.71. The number of hydrogen-bond acceptors (Lipinski definition) is 1. The van der Waals surface area contributed by atoms with Crippen molar-refractivity contribution in [2.45, 2.75) is 53.4 Å². The van der Waals surface area contributed by atoms with Gasteiger partial charge in [0.25, 0.3) is 0 Å². The molecule has 0 saturated heterocycles. The van der Waals surface area contributed by atoms with Crippen molar-refractivity contribution in [3.63, 3.8) is 0 Å². The van der Waals surface area contributed by atoms with Crippen molar-refractivity contribution in [2.24, 2.45) is 11.8 Å². The van der Waals surface area contributed by atoms with Crippen LogP contribution >= 0.6 is 0 Å². The summed E-state index contributed by atoms with van der Waals surface area (Å²) in [5.41, 5.74) is 2.99. The van der Waals surface area contributed by atoms with E-state index >= 15 is 0 Å². The Labute approximate surface area is 87.6 Å². The van der Waals surface area contributed by atoms with Crippen LogP contribution in [0.15, 0.2) is 11.1 Å². The quantitative estimate of drug-likeness (QED) is 0.625. The highest BCUT2D eigenvalue weighted by atomic mass is 16.1. The molecule has 0 heterocycles. The van der Waals surface area contributed by atoms with Crippen molar-refractivity contribution in [2.75, 3.05) is 0 Å². The first-order chi connectivity index (χ1) is 6.50. The minimum atomic E-state index is 0.312. The molecule has 0 fully saturated rings. The molecule has 0 aromatic heterocycles. The molecular weight excluding hydrogens is 172 g/mol. The smallest absolute Gasteiger partial charge is 0.133 e. The van der Waals surface area contributed by atoms with Crippen LogP contribution in [0.1, 0.15) is 53.4 Å². The molecule has 80 valence electrons. The van der Waals surface area contributed by atoms with Gasteiger partial charge in [0.1, 0.15) is 5.78 Å². The molecule has 0 radical (unpaired) electrons. The zero-order valence-corrected chi connectivity index (χ0v) is 9.89. The van der Waals surface area contributed by atoms with Crippen molar-refractivity contribution in [3.05, 3.63) is 11.1 Å². The lowest BCUT2D eigenvalue weighted by atomic mass is 9.79. The number of rotatable bonds is 3. The van der Waals surface area contributed by atoms with Crippen LogP contribution in [0.2, 0.25) is 0 Å². The number of allylic oxidation sites excluding steroid dienone is 2. The van der Waals surface area contributed by atoms with Gasteiger partial charge in [-0.1, -0.05) is 31.9 Å². The molecule has 0 saturated carbocycles. The second kappa shape index (κ2) is 4.77. The Bertz CT molecular complexity index is 248. The van der Waals surface area contributed by atoms with Crippen LogP contribution in [-0.4, -0.2) is 5.78 Å². The number of Topliss-reactive ketones (excluding diaryl/α,β-unsaturated/α-hetero) is 1. The summed E-state index contributed by atoms with van der Waals surface area (Å²) < 4.78 is 0. The molecule has 1 nitrogen and oxygen atoms in total. The average Bonchev–Trinajstić information content (AvgIpc) is 2.01. The molecule has 0 amide bonds. The van der Waals surface area contributed by atoms with Crippen LogP contribution < -0.4 is 0 Å². The topological polar surface area (TPSA) is 17.1 Å². The van der Waals surface area contributed by atoms with Crippen LogP contribution in [0.5, 0.6) is 0 Å². The number of hydrogen-bond donors (Lipinski definition) is 0. The van der Waals surface area contributed by atoms with Gasteiger partial charge in [-0.15, -0.1) is 0 Å². The van der Waals surface area contributed by atoms with Crippen molar-refractivity contribution in [1.82, 2.24) is 0 Å². The molecule has 1 unspecified atom stereocenters. The number of ketones is 1. The predicted octanol–water partition coefficient (Wildman–Crippen LogP) is 3.74. The van der Waals surface area contributed by atoms with Gasteiger partial charge < -0.3 is 0 Å². The number of carbonyl (C=O) groups excluding carboxylic acids is 1. The lowest BCUT2D eigenvalue weighted by Crippen LogP contribution is -2.13. The molecule has 1 aliphatic carbocycles. The van der Waals surface area contributed by atoms with Crippen LogP contribution in [0, 0.1) is 11.8 Å². The molecule has 1 heteroatoms. The zero-order chi connectivity index (χ0) is 10.7. The van der Waals surface area contributed by atoms with Gasteiger partial charge >= 0.3 is 0 Å². The Balaban J connectivity index is 2.82. The molecule has 0 aliphatic heterocycles. The van der Waals surface area contributed by atoms with Gasteiger partial charge in [-0.3, -0.25) is 4.79 Å². The summed E-state index contributed by atoms with van der Waals surface area (Å²) in [6.07, 6.45) is 4.35. The monoisotopic (exact) mass is 194 g/mol. The first kappa shape index (κ1) is 11.5. The van der Waals surface area contributed by atoms with Crippen LogP contribution in [-0.2, 0) is 4.79 Å². The Morgan fingerprint density at radius 2 is 2.14 bits per heavy atom. The highest BCUT2D eigenvalue weighted by Gasteiger charge is 2.20. The van der Waals surface area contributed by atoms with E-state index in [-0.39, 0.29) is 0 Å². The fourth-order valence-electron chi connectivity index (χ4n) is 2.42. The molecule has 0 N–H and O–H groups in total. The summed E-state index contributed by atoms with van der Waals surface area (Å²) in [4.78, 5) is 11.2. The van der Waals surface area contributed by atoms with E-state index in [1.807, 2.05) is 0 Å². The Morgan fingerprint density at radius 1 is 1.50 bits per heavy atom. The fourth-order valence-corrected chi connectivity index (χ4v) is 2.42. The summed E-state index contributed by atoms with van der Waals surface area (Å²) in [5.74, 6) is 1.70. The number of carbonyl (C=O) groups is 1. The highest BCUT2D eigenvalue weighted by Crippen LogP contribution is 2.34. The Hall–Kier alpha value is -0.590. The lowest BCUT2D eigenvalue weighted by molar-refractivity contribution is -0.116. The second-order valence-electron chi connectivity index (χ2n) is 5.01. The SMILES string of the molecule is CC(=O)CC1=C(C(C)C)CCC(C)C1. The molecule has 0 bridgehead atoms. The van der Waals surface area contributed by atoms with Gasteiger partial charge in [0.05, 0.1) is 0 Å². The third-order valence-corrected chi connectivity index (χ3v) is 3.11. The minimum absolute atomic E-state index is 0.312. The Morgan fingerprint density at radius 3 is 2.64 bits per heavy atom. The lowest BCUT2D eigenvalue weighted by Gasteiger charge is -2.27. The van der Waals surface area contributed by atoms with Crippen LogP contribution in [0.4, 0.5) is 0 Å². The van der Waals surface area contributed by atoms with E-state index in [0.29, 0.717) is 18.1 Å². The zero-order valence-electron chi connectivity index (χ0n) is 9.89. The molecule has 0 spiro atoms. The third kappa shape index (κ3) is 2.97. The van der Waals surface area contributed by atoms with Gasteiger partial charge in [-0.05, 0) is 38.0 Å². The fraction of sp³-hybridized carbons (Fsp3) is 0.769. The molecule has 0 aromatic rings. The Kier molecular flexibility index (Phi) is 3.91. The average molecular weight is 194 g/mol. The van der Waals surface area contributed by atoms with Gasteiger partial charge in [0, 0.05) is 6.42 Å². The van der Waals surface area contributed by atoms with Crippen molar-refractivity contribution in [3.8, 4) is 0 Å². The molecule has 1 rings (SSSR count). The van der Waals surface area contributed by atoms with E-state index in [2.05, 4.69) is 20.8 Å². The normalized spacial score (nSPS) is 23.1. The van der Waals surface area contributed by atoms with Crippen LogP contribution in [0.3, 0.4) is 0 Å². The van der Waals surface area contributed by atoms with Crippen molar-refractivity contribution >= 4 is 5.78 Å². The van der Waals surface area contributed by atoms with Gasteiger partial charge in [0.15, 0.2) is 0 Å². The van der Waals surface area contributed by atoms with E-state index in [1.54, 1.807) is 12.5 Å². The van der Waals surface area contributed by atoms with Gasteiger partial charge in [-0.25, -0.2) is 0 Å². The van der Waals surface area contributed by atoms with Gasteiger partial charge in [0.2, 0.25) is 0 Å². The van der Waals surface area contributed by atoms with E-state index in [1.165, 1.54) is 18.4 Å². The summed E-state index contributed by atoms with van der Waals surface area (Å²) in [6.45, 7) is 8.47. The first-order valence-electron chi connectivity index (χ1n) is 5.71. The molecule has 1 atom stereocenters. The molecule has 1 aliphatic rings. The molecular formula is C13H22O. The largest absolute Gasteiger partial charge is 0.300 e. The van der Waals surface area contributed by atoms with Crippen molar-refractivity contribution in [1.29, 1.82) is 0 Å². The van der Waals surface area contributed by atoms with Gasteiger partial charge in [-0.2, -0.15) is 0 Å². The maximum Gasteiger partial charge on any atom is 0.133 e. The molecule has 0 aromatic carbocycles. The standard InChI is InChI=1S/C13H22O/c1-9(2)13-6-5-10(3)7-12(13)8-11(4)14/h9-10H,5-8H2,1-4H3. The summed E-state index contributed by atoms with van der Waals surface area (Å²) in [7, 11) is 0. The maximum atomic E-state index is 11.2. The molecule has 14 heavy (non-hydrogen) atoms. The highest BCUT2D eigenvalue weighted by molar-refractivity contribution is 5.78. The summed E-state index contributed by atoms with van der Waals surface area (Å²) in [6, 6.07) is 0. The third-order valence-electron chi connectivity index (χ3n) is 3.11. The van der Waals surface area contributed by atoms with Crippen LogP contribution in [0.25, 0.3) is 0 Å². The maximum absolute atomic E-state index is 11.2. The predicted molar refractivity (Wildman–Crippen MR) is 60.2 cm³/mol. The van der Waals surface area contributed by atoms with E-state index in [9.17, 15) is 4.79 Å². The van der Waals surface area contributed by atoms with E-state index in [0.717, 1.165) is 12.3 Å². The van der Waals surface area contributed by atoms with E-state index < -0.39 is 0 Å². The van der Waals surface area contributed by atoms with E-state index in [4.69, 9.17) is 0 Å². The minimum Gasteiger partial charge on any atom is -0.300 e. The summed E-state index contributed by atoms with van der Waals surface area (Å²) >= 11 is 0. The van der Waals surface area contributed by atoms with Crippen molar-refractivity contribution < 1.29 is 4.79 Å². The summed E-state index contributed by atoms with van der Waals surface area (Å²) in [5, 5.41) is 0.